The fourth-order valence-corrected chi connectivity index (χ4v) is 4.66. The van der Waals surface area contributed by atoms with Gasteiger partial charge in [0.2, 0.25) is 17.7 Å². The third-order valence-electron chi connectivity index (χ3n) is 6.39. The summed E-state index contributed by atoms with van der Waals surface area (Å²) in [6, 6.07) is 13.5. The molecule has 8 heteroatoms. The van der Waals surface area contributed by atoms with Gasteiger partial charge in [-0.2, -0.15) is 0 Å². The van der Waals surface area contributed by atoms with E-state index in [9.17, 15) is 18.8 Å². The largest absolute Gasteiger partial charge is 0.488 e. The van der Waals surface area contributed by atoms with E-state index in [0.717, 1.165) is 16.2 Å². The summed E-state index contributed by atoms with van der Waals surface area (Å²) in [7, 11) is 3.10. The third kappa shape index (κ3) is 4.35. The predicted molar refractivity (Wildman–Crippen MR) is 118 cm³/mol. The number of hydrogen-bond acceptors (Lipinski definition) is 5. The molecule has 2 aliphatic rings. The van der Waals surface area contributed by atoms with E-state index in [-0.39, 0.29) is 43.6 Å². The molecule has 0 bridgehead atoms. The number of amides is 3. The van der Waals surface area contributed by atoms with Gasteiger partial charge < -0.3 is 14.4 Å². The second-order valence-electron chi connectivity index (χ2n) is 8.58. The topological polar surface area (TPSA) is 76.2 Å². The first-order chi connectivity index (χ1) is 15.9. The SMILES string of the molecule is COCCN1C(=O)C[C@@](CC(=O)N(C)C[C@H]2Cc3ccccc3O2)(c2ccccc2F)C1=O. The number of rotatable bonds is 8. The van der Waals surface area contributed by atoms with Gasteiger partial charge in [0, 0.05) is 39.0 Å². The summed E-state index contributed by atoms with van der Waals surface area (Å²) in [5.41, 5.74) is -0.438. The van der Waals surface area contributed by atoms with E-state index in [1.165, 1.54) is 30.2 Å². The Morgan fingerprint density at radius 2 is 1.94 bits per heavy atom. The Kier molecular flexibility index (Phi) is 6.47. The minimum atomic E-state index is -1.58. The summed E-state index contributed by atoms with van der Waals surface area (Å²) < 4.78 is 25.8. The lowest BCUT2D eigenvalue weighted by molar-refractivity contribution is -0.143. The molecule has 33 heavy (non-hydrogen) atoms. The zero-order valence-corrected chi connectivity index (χ0v) is 18.8. The van der Waals surface area contributed by atoms with E-state index < -0.39 is 23.0 Å². The standard InChI is InChI=1S/C25H27FN2O5/c1-27(16-18-13-17-7-3-6-10-21(17)33-18)22(29)14-25(19-8-4-5-9-20(19)26)15-23(30)28(24(25)31)11-12-32-2/h3-10,18H,11-16H2,1-2H3/t18-,25+/m1/s1. The van der Waals surface area contributed by atoms with E-state index in [4.69, 9.17) is 9.47 Å². The molecule has 1 fully saturated rings. The Bertz CT molecular complexity index is 1050. The van der Waals surface area contributed by atoms with Crippen LogP contribution >= 0.6 is 0 Å². The smallest absolute Gasteiger partial charge is 0.241 e. The molecular weight excluding hydrogens is 427 g/mol. The highest BCUT2D eigenvalue weighted by Crippen LogP contribution is 2.41. The average molecular weight is 454 g/mol. The number of halogens is 1. The van der Waals surface area contributed by atoms with Crippen LogP contribution < -0.4 is 4.74 Å². The number of likely N-dealkylation sites (N-methyl/N-ethyl adjacent to an activating group) is 1. The van der Waals surface area contributed by atoms with Gasteiger partial charge in [-0.05, 0) is 17.7 Å². The summed E-state index contributed by atoms with van der Waals surface area (Å²) in [6.45, 7) is 0.539. The fourth-order valence-electron chi connectivity index (χ4n) is 4.66. The number of imide groups is 1. The van der Waals surface area contributed by atoms with Crippen molar-refractivity contribution in [2.24, 2.45) is 0 Å². The Morgan fingerprint density at radius 3 is 2.67 bits per heavy atom. The molecule has 2 aromatic carbocycles. The number of fused-ring (bicyclic) bond motifs is 1. The van der Waals surface area contributed by atoms with Crippen molar-refractivity contribution in [2.75, 3.05) is 33.9 Å². The highest BCUT2D eigenvalue weighted by molar-refractivity contribution is 6.10. The number of carbonyl (C=O) groups is 3. The monoisotopic (exact) mass is 454 g/mol. The first-order valence-corrected chi connectivity index (χ1v) is 10.9. The van der Waals surface area contributed by atoms with Crippen molar-refractivity contribution in [3.05, 3.63) is 65.5 Å². The molecule has 174 valence electrons. The molecule has 4 rings (SSSR count). The second kappa shape index (κ2) is 9.31. The maximum Gasteiger partial charge on any atom is 0.241 e. The van der Waals surface area contributed by atoms with Crippen molar-refractivity contribution in [3.8, 4) is 5.75 Å². The van der Waals surface area contributed by atoms with Crippen LogP contribution in [-0.2, 0) is 31.0 Å². The van der Waals surface area contributed by atoms with Gasteiger partial charge in [0.25, 0.3) is 0 Å². The first-order valence-electron chi connectivity index (χ1n) is 10.9. The van der Waals surface area contributed by atoms with Gasteiger partial charge in [-0.1, -0.05) is 36.4 Å². The quantitative estimate of drug-likeness (QED) is 0.573. The average Bonchev–Trinajstić information content (AvgIpc) is 3.30. The predicted octanol–water partition coefficient (Wildman–Crippen LogP) is 2.32. The Morgan fingerprint density at radius 1 is 1.21 bits per heavy atom. The lowest BCUT2D eigenvalue weighted by Crippen LogP contribution is -2.45. The van der Waals surface area contributed by atoms with Gasteiger partial charge in [-0.15, -0.1) is 0 Å². The van der Waals surface area contributed by atoms with Crippen LogP contribution in [0.15, 0.2) is 48.5 Å². The van der Waals surface area contributed by atoms with Gasteiger partial charge in [0.1, 0.15) is 17.7 Å². The van der Waals surface area contributed by atoms with Crippen LogP contribution in [0.3, 0.4) is 0 Å². The lowest BCUT2D eigenvalue weighted by atomic mass is 9.75. The van der Waals surface area contributed by atoms with Crippen LogP contribution in [0.4, 0.5) is 4.39 Å². The Labute approximate surface area is 192 Å². The Balaban J connectivity index is 1.55. The van der Waals surface area contributed by atoms with Crippen molar-refractivity contribution < 1.29 is 28.2 Å². The van der Waals surface area contributed by atoms with E-state index in [1.807, 2.05) is 24.3 Å². The number of hydrogen-bond donors (Lipinski definition) is 0. The third-order valence-corrected chi connectivity index (χ3v) is 6.39. The van der Waals surface area contributed by atoms with Crippen LogP contribution in [0.25, 0.3) is 0 Å². The van der Waals surface area contributed by atoms with Crippen LogP contribution in [0.1, 0.15) is 24.0 Å². The molecule has 0 spiro atoms. The van der Waals surface area contributed by atoms with Crippen molar-refractivity contribution in [3.63, 3.8) is 0 Å². The molecular formula is C25H27FN2O5. The van der Waals surface area contributed by atoms with Crippen molar-refractivity contribution in [1.29, 1.82) is 0 Å². The molecule has 0 saturated carbocycles. The molecule has 1 saturated heterocycles. The minimum absolute atomic E-state index is 0.0581. The van der Waals surface area contributed by atoms with Crippen molar-refractivity contribution in [2.45, 2.75) is 30.8 Å². The minimum Gasteiger partial charge on any atom is -0.488 e. The molecule has 0 unspecified atom stereocenters. The summed E-state index contributed by atoms with van der Waals surface area (Å²) in [5, 5.41) is 0. The van der Waals surface area contributed by atoms with E-state index in [0.29, 0.717) is 13.0 Å². The van der Waals surface area contributed by atoms with Gasteiger partial charge in [-0.3, -0.25) is 19.3 Å². The number of benzene rings is 2. The molecule has 2 atom stereocenters. The zero-order valence-electron chi connectivity index (χ0n) is 18.8. The number of methoxy groups -OCH3 is 1. The second-order valence-corrected chi connectivity index (χ2v) is 8.58. The van der Waals surface area contributed by atoms with Crippen LogP contribution in [-0.4, -0.2) is 67.5 Å². The van der Waals surface area contributed by atoms with E-state index in [2.05, 4.69) is 0 Å². The van der Waals surface area contributed by atoms with Crippen LogP contribution in [0.5, 0.6) is 5.75 Å². The maximum absolute atomic E-state index is 14.8. The molecule has 2 heterocycles. The number of ether oxygens (including phenoxy) is 2. The molecule has 2 aliphatic heterocycles. The molecule has 2 aromatic rings. The lowest BCUT2D eigenvalue weighted by Gasteiger charge is -2.30. The number of carbonyl (C=O) groups excluding carboxylic acids is 3. The summed E-state index contributed by atoms with van der Waals surface area (Å²) in [6.07, 6.45) is -0.103. The van der Waals surface area contributed by atoms with Crippen molar-refractivity contribution in [1.82, 2.24) is 9.80 Å². The highest BCUT2D eigenvalue weighted by atomic mass is 19.1. The number of likely N-dealkylation sites (tertiary alicyclic amines) is 1. The van der Waals surface area contributed by atoms with Gasteiger partial charge >= 0.3 is 0 Å². The molecule has 0 aliphatic carbocycles. The highest BCUT2D eigenvalue weighted by Gasteiger charge is 2.55. The number of para-hydroxylation sites is 1. The molecule has 3 amide bonds. The molecule has 0 radical (unpaired) electrons. The van der Waals surface area contributed by atoms with Gasteiger partial charge in [-0.25, -0.2) is 4.39 Å². The zero-order chi connectivity index (χ0) is 23.6. The van der Waals surface area contributed by atoms with Crippen LogP contribution in [0, 0.1) is 5.82 Å². The van der Waals surface area contributed by atoms with Crippen LogP contribution in [0.2, 0.25) is 0 Å². The number of nitrogens with zero attached hydrogens (tertiary/aromatic N) is 2. The van der Waals surface area contributed by atoms with Crippen molar-refractivity contribution >= 4 is 17.7 Å². The molecule has 0 aromatic heterocycles. The summed E-state index contributed by atoms with van der Waals surface area (Å²) >= 11 is 0. The fraction of sp³-hybridized carbons (Fsp3) is 0.400. The van der Waals surface area contributed by atoms with E-state index in [1.54, 1.807) is 13.1 Å². The molecule has 7 nitrogen and oxygen atoms in total. The van der Waals surface area contributed by atoms with E-state index >= 15 is 0 Å². The Hall–Kier alpha value is -3.26. The summed E-state index contributed by atoms with van der Waals surface area (Å²) in [5.74, 6) is -1.17. The first kappa shape index (κ1) is 22.9. The summed E-state index contributed by atoms with van der Waals surface area (Å²) in [4.78, 5) is 42.0. The maximum atomic E-state index is 14.8. The van der Waals surface area contributed by atoms with Gasteiger partial charge in [0.05, 0.1) is 25.1 Å². The van der Waals surface area contributed by atoms with Gasteiger partial charge in [0.15, 0.2) is 0 Å². The normalized spacial score (nSPS) is 21.8. The molecule has 0 N–H and O–H groups in total.